The molecule has 1 aliphatic rings. The van der Waals surface area contributed by atoms with Crippen LogP contribution in [0.3, 0.4) is 0 Å². The summed E-state index contributed by atoms with van der Waals surface area (Å²) in [6.07, 6.45) is 0.623. The molecular weight excluding hydrogens is 145 g/mol. The number of nitrogens with zero attached hydrogens (tertiary/aromatic N) is 1. The van der Waals surface area contributed by atoms with Gasteiger partial charge in [-0.2, -0.15) is 0 Å². The predicted octanol–water partition coefficient (Wildman–Crippen LogP) is 1.07. The predicted molar refractivity (Wildman–Crippen MR) is 42.4 cm³/mol. The molecule has 2 nitrogen and oxygen atoms in total. The smallest absolute Gasteiger partial charge is 0.127 e. The number of methoxy groups -OCH3 is 1. The molecule has 0 aromatic rings. The van der Waals surface area contributed by atoms with E-state index in [4.69, 9.17) is 4.74 Å². The van der Waals surface area contributed by atoms with E-state index in [-0.39, 0.29) is 6.04 Å². The minimum Gasteiger partial charge on any atom is -0.383 e. The molecule has 1 aliphatic heterocycles. The lowest BCUT2D eigenvalue weighted by Gasteiger charge is -2.26. The first-order chi connectivity index (χ1) is 5.08. The fraction of sp³-hybridized carbons (Fsp3) is 1.00. The molecule has 2 atom stereocenters. The molecule has 0 bridgehead atoms. The van der Waals surface area contributed by atoms with Gasteiger partial charge in [-0.1, -0.05) is 0 Å². The highest BCUT2D eigenvalue weighted by molar-refractivity contribution is 4.95. The van der Waals surface area contributed by atoms with Gasteiger partial charge in [0.25, 0.3) is 0 Å². The van der Waals surface area contributed by atoms with Crippen molar-refractivity contribution in [3.8, 4) is 0 Å². The van der Waals surface area contributed by atoms with Crippen LogP contribution in [-0.4, -0.2) is 43.9 Å². The molecule has 0 radical (unpaired) electrons. The number of likely N-dealkylation sites (tertiary alicyclic amines) is 1. The number of likely N-dealkylation sites (N-methyl/N-ethyl adjacent to an activating group) is 1. The van der Waals surface area contributed by atoms with Crippen LogP contribution in [0.2, 0.25) is 0 Å². The summed E-state index contributed by atoms with van der Waals surface area (Å²) in [5.41, 5.74) is -1.06. The number of hydrogen-bond donors (Lipinski definition) is 0. The Morgan fingerprint density at radius 2 is 2.36 bits per heavy atom. The maximum atomic E-state index is 13.6. The lowest BCUT2D eigenvalue weighted by atomic mass is 10.0. The Bertz CT molecular complexity index is 138. The molecule has 11 heavy (non-hydrogen) atoms. The maximum Gasteiger partial charge on any atom is 0.127 e. The summed E-state index contributed by atoms with van der Waals surface area (Å²) in [6, 6.07) is -0.0625. The van der Waals surface area contributed by atoms with Gasteiger partial charge in [-0.15, -0.1) is 0 Å². The zero-order chi connectivity index (χ0) is 8.48. The van der Waals surface area contributed by atoms with E-state index < -0.39 is 5.67 Å². The quantitative estimate of drug-likeness (QED) is 0.600. The topological polar surface area (TPSA) is 12.5 Å². The van der Waals surface area contributed by atoms with Crippen LogP contribution in [0.4, 0.5) is 4.39 Å². The van der Waals surface area contributed by atoms with Crippen molar-refractivity contribution in [2.45, 2.75) is 25.1 Å². The van der Waals surface area contributed by atoms with Gasteiger partial charge < -0.3 is 4.74 Å². The fourth-order valence-electron chi connectivity index (χ4n) is 1.64. The summed E-state index contributed by atoms with van der Waals surface area (Å²) in [6.45, 7) is 2.98. The molecule has 0 saturated carbocycles. The monoisotopic (exact) mass is 161 g/mol. The van der Waals surface area contributed by atoms with Crippen LogP contribution in [0.5, 0.6) is 0 Å². The molecule has 0 aliphatic carbocycles. The highest BCUT2D eigenvalue weighted by Gasteiger charge is 2.42. The summed E-state index contributed by atoms with van der Waals surface area (Å²) in [5.74, 6) is 0. The molecule has 0 spiro atoms. The second-order valence-corrected chi connectivity index (χ2v) is 3.48. The number of alkyl halides is 1. The number of hydrogen-bond acceptors (Lipinski definition) is 2. The Morgan fingerprint density at radius 3 is 2.73 bits per heavy atom. The number of halogens is 1. The minimum atomic E-state index is -1.06. The highest BCUT2D eigenvalue weighted by atomic mass is 19.1. The van der Waals surface area contributed by atoms with Crippen LogP contribution in [0, 0.1) is 0 Å². The van der Waals surface area contributed by atoms with Crippen molar-refractivity contribution in [3.63, 3.8) is 0 Å². The standard InChI is InChI=1S/C8H16FNO/c1-8(9)4-5-10(2)7(8)6-11-3/h7H,4-6H2,1-3H3/t7-,8+/m0/s1. The zero-order valence-electron chi connectivity index (χ0n) is 7.43. The Morgan fingerprint density at radius 1 is 1.73 bits per heavy atom. The lowest BCUT2D eigenvalue weighted by Crippen LogP contribution is -2.41. The van der Waals surface area contributed by atoms with E-state index in [9.17, 15) is 4.39 Å². The van der Waals surface area contributed by atoms with Crippen LogP contribution in [0.15, 0.2) is 0 Å². The average molecular weight is 161 g/mol. The third kappa shape index (κ3) is 1.71. The van der Waals surface area contributed by atoms with Crippen molar-refractivity contribution in [2.75, 3.05) is 27.3 Å². The first kappa shape index (κ1) is 8.94. The molecule has 1 rings (SSSR count). The van der Waals surface area contributed by atoms with E-state index in [1.807, 2.05) is 11.9 Å². The van der Waals surface area contributed by atoms with Gasteiger partial charge in [0.1, 0.15) is 5.67 Å². The zero-order valence-corrected chi connectivity index (χ0v) is 7.43. The summed E-state index contributed by atoms with van der Waals surface area (Å²) < 4.78 is 18.5. The second kappa shape index (κ2) is 3.07. The van der Waals surface area contributed by atoms with E-state index in [2.05, 4.69) is 0 Å². The third-order valence-electron chi connectivity index (χ3n) is 2.50. The van der Waals surface area contributed by atoms with Crippen molar-refractivity contribution >= 4 is 0 Å². The molecule has 1 saturated heterocycles. The van der Waals surface area contributed by atoms with Gasteiger partial charge in [0, 0.05) is 13.7 Å². The molecule has 0 aromatic carbocycles. The Kier molecular flexibility index (Phi) is 2.50. The van der Waals surface area contributed by atoms with E-state index in [1.54, 1.807) is 14.0 Å². The van der Waals surface area contributed by atoms with Gasteiger partial charge in [0.05, 0.1) is 12.6 Å². The fourth-order valence-corrected chi connectivity index (χ4v) is 1.64. The van der Waals surface area contributed by atoms with Crippen molar-refractivity contribution in [1.82, 2.24) is 4.90 Å². The van der Waals surface area contributed by atoms with E-state index in [1.165, 1.54) is 0 Å². The van der Waals surface area contributed by atoms with Crippen molar-refractivity contribution in [1.29, 1.82) is 0 Å². The first-order valence-corrected chi connectivity index (χ1v) is 3.96. The lowest BCUT2D eigenvalue weighted by molar-refractivity contribution is 0.0524. The molecule has 1 fully saturated rings. The third-order valence-corrected chi connectivity index (χ3v) is 2.50. The average Bonchev–Trinajstić information content (AvgIpc) is 2.16. The molecule has 0 unspecified atom stereocenters. The van der Waals surface area contributed by atoms with Gasteiger partial charge in [-0.25, -0.2) is 4.39 Å². The Labute approximate surface area is 67.3 Å². The number of ether oxygens (including phenoxy) is 1. The Hall–Kier alpha value is -0.150. The van der Waals surface area contributed by atoms with Gasteiger partial charge >= 0.3 is 0 Å². The molecule has 66 valence electrons. The summed E-state index contributed by atoms with van der Waals surface area (Å²) in [7, 11) is 3.55. The van der Waals surface area contributed by atoms with Crippen LogP contribution in [0.25, 0.3) is 0 Å². The van der Waals surface area contributed by atoms with Gasteiger partial charge in [-0.3, -0.25) is 4.90 Å². The van der Waals surface area contributed by atoms with E-state index >= 15 is 0 Å². The minimum absolute atomic E-state index is 0.0625. The van der Waals surface area contributed by atoms with E-state index in [0.29, 0.717) is 13.0 Å². The summed E-state index contributed by atoms with van der Waals surface area (Å²) in [5, 5.41) is 0. The normalized spacial score (nSPS) is 39.8. The largest absolute Gasteiger partial charge is 0.383 e. The molecule has 0 aromatic heterocycles. The van der Waals surface area contributed by atoms with Crippen LogP contribution < -0.4 is 0 Å². The molecule has 3 heteroatoms. The molecule has 0 amide bonds. The van der Waals surface area contributed by atoms with Crippen LogP contribution in [0.1, 0.15) is 13.3 Å². The SMILES string of the molecule is COC[C@@H]1N(C)CC[C@@]1(C)F. The first-order valence-electron chi connectivity index (χ1n) is 3.96. The molecule has 1 heterocycles. The van der Waals surface area contributed by atoms with Gasteiger partial charge in [-0.05, 0) is 20.4 Å². The number of rotatable bonds is 2. The Balaban J connectivity index is 2.57. The van der Waals surface area contributed by atoms with Crippen molar-refractivity contribution in [2.24, 2.45) is 0 Å². The van der Waals surface area contributed by atoms with Crippen molar-refractivity contribution in [3.05, 3.63) is 0 Å². The summed E-state index contributed by atoms with van der Waals surface area (Å²) in [4.78, 5) is 2.02. The van der Waals surface area contributed by atoms with Crippen LogP contribution >= 0.6 is 0 Å². The van der Waals surface area contributed by atoms with Crippen LogP contribution in [-0.2, 0) is 4.74 Å². The van der Waals surface area contributed by atoms with E-state index in [0.717, 1.165) is 6.54 Å². The second-order valence-electron chi connectivity index (χ2n) is 3.48. The molecular formula is C8H16FNO. The van der Waals surface area contributed by atoms with Gasteiger partial charge in [0.15, 0.2) is 0 Å². The summed E-state index contributed by atoms with van der Waals surface area (Å²) >= 11 is 0. The van der Waals surface area contributed by atoms with Gasteiger partial charge in [0.2, 0.25) is 0 Å². The molecule has 0 N–H and O–H groups in total. The van der Waals surface area contributed by atoms with Crippen molar-refractivity contribution < 1.29 is 9.13 Å². The maximum absolute atomic E-state index is 13.6. The highest BCUT2D eigenvalue weighted by Crippen LogP contribution is 2.30.